The SMILES string of the molecule is CCCCCCCC[P+](CCCCCCCC)(CCCCCCCC)CC(=O)c1ccccc1. The molecule has 0 spiro atoms. The zero-order chi connectivity index (χ0) is 24.7. The zero-order valence-corrected chi connectivity index (χ0v) is 24.2. The molecule has 1 aromatic rings. The lowest BCUT2D eigenvalue weighted by Gasteiger charge is -2.28. The fourth-order valence-corrected chi connectivity index (χ4v) is 9.90. The summed E-state index contributed by atoms with van der Waals surface area (Å²) in [5.41, 5.74) is 0.945. The van der Waals surface area contributed by atoms with Gasteiger partial charge in [0.2, 0.25) is 0 Å². The summed E-state index contributed by atoms with van der Waals surface area (Å²) in [6, 6.07) is 10.2. The van der Waals surface area contributed by atoms with Crippen LogP contribution in [0.2, 0.25) is 0 Å². The summed E-state index contributed by atoms with van der Waals surface area (Å²) in [5, 5.41) is 0. The van der Waals surface area contributed by atoms with Crippen molar-refractivity contribution >= 4 is 13.0 Å². The first-order valence-electron chi connectivity index (χ1n) is 15.1. The molecule has 2 heteroatoms. The van der Waals surface area contributed by atoms with Crippen molar-refractivity contribution in [1.82, 2.24) is 0 Å². The maximum absolute atomic E-state index is 13.4. The van der Waals surface area contributed by atoms with Crippen LogP contribution in [0.25, 0.3) is 0 Å². The molecular formula is C32H58OP+. The van der Waals surface area contributed by atoms with Crippen molar-refractivity contribution in [2.45, 2.75) is 136 Å². The summed E-state index contributed by atoms with van der Waals surface area (Å²) in [6.07, 6.45) is 29.5. The van der Waals surface area contributed by atoms with Crippen LogP contribution >= 0.6 is 7.26 Å². The summed E-state index contributed by atoms with van der Waals surface area (Å²) in [5.74, 6) is 0.428. The second-order valence-electron chi connectivity index (χ2n) is 10.8. The number of hydrogen-bond donors (Lipinski definition) is 0. The number of carbonyl (C=O) groups excluding carboxylic acids is 1. The van der Waals surface area contributed by atoms with E-state index in [2.05, 4.69) is 20.8 Å². The van der Waals surface area contributed by atoms with Gasteiger partial charge >= 0.3 is 0 Å². The molecular weight excluding hydrogens is 431 g/mol. The van der Waals surface area contributed by atoms with Crippen molar-refractivity contribution in [3.05, 3.63) is 35.9 Å². The standard InChI is InChI=1S/C32H58OP/c1-4-7-10-13-16-22-27-34(28-23-17-14-11-8-5-2,29-24-18-15-12-9-6-3)30-32(33)31-25-20-19-21-26-31/h19-21,25-26H,4-18,22-24,27-30H2,1-3H3/q+1. The van der Waals surface area contributed by atoms with E-state index in [1.807, 2.05) is 30.3 Å². The predicted molar refractivity (Wildman–Crippen MR) is 157 cm³/mol. The molecule has 0 radical (unpaired) electrons. The van der Waals surface area contributed by atoms with E-state index in [4.69, 9.17) is 0 Å². The minimum absolute atomic E-state index is 0.428. The summed E-state index contributed by atoms with van der Waals surface area (Å²) in [7, 11) is -1.23. The summed E-state index contributed by atoms with van der Waals surface area (Å²) < 4.78 is 0. The Bertz CT molecular complexity index is 541. The highest BCUT2D eigenvalue weighted by atomic mass is 31.2. The van der Waals surface area contributed by atoms with Gasteiger partial charge in [-0.15, -0.1) is 0 Å². The molecule has 0 unspecified atom stereocenters. The van der Waals surface area contributed by atoms with Crippen LogP contribution in [0.3, 0.4) is 0 Å². The van der Waals surface area contributed by atoms with Crippen molar-refractivity contribution in [1.29, 1.82) is 0 Å². The van der Waals surface area contributed by atoms with Gasteiger partial charge in [0, 0.05) is 12.8 Å². The molecule has 0 atom stereocenters. The van der Waals surface area contributed by atoms with Crippen LogP contribution in [0, 0.1) is 0 Å². The maximum atomic E-state index is 13.4. The van der Waals surface area contributed by atoms with Gasteiger partial charge in [-0.2, -0.15) is 0 Å². The molecule has 0 aliphatic carbocycles. The van der Waals surface area contributed by atoms with Gasteiger partial charge in [0.05, 0.1) is 18.5 Å². The molecule has 0 saturated carbocycles. The largest absolute Gasteiger partial charge is 0.290 e. The molecule has 1 nitrogen and oxygen atoms in total. The Morgan fingerprint density at radius 3 is 1.26 bits per heavy atom. The minimum Gasteiger partial charge on any atom is -0.290 e. The number of ketones is 1. The first kappa shape index (κ1) is 31.4. The summed E-state index contributed by atoms with van der Waals surface area (Å²) in [6.45, 7) is 6.90. The number of Topliss-reactive ketones (excluding diaryl/α,β-unsaturated/α-hetero) is 1. The highest BCUT2D eigenvalue weighted by Gasteiger charge is 2.38. The van der Waals surface area contributed by atoms with Crippen molar-refractivity contribution in [2.75, 3.05) is 24.6 Å². The van der Waals surface area contributed by atoms with E-state index in [1.54, 1.807) is 0 Å². The molecule has 196 valence electrons. The number of benzene rings is 1. The van der Waals surface area contributed by atoms with Gasteiger partial charge in [0.15, 0.2) is 5.78 Å². The average Bonchev–Trinajstić information content (AvgIpc) is 2.86. The van der Waals surface area contributed by atoms with Gasteiger partial charge in [-0.3, -0.25) is 4.79 Å². The van der Waals surface area contributed by atoms with Crippen LogP contribution in [0.4, 0.5) is 0 Å². The van der Waals surface area contributed by atoms with E-state index in [1.165, 1.54) is 134 Å². The zero-order valence-electron chi connectivity index (χ0n) is 23.3. The predicted octanol–water partition coefficient (Wildman–Crippen LogP) is 11.0. The second-order valence-corrected chi connectivity index (χ2v) is 15.1. The van der Waals surface area contributed by atoms with Gasteiger partial charge in [0.25, 0.3) is 0 Å². The topological polar surface area (TPSA) is 17.1 Å². The van der Waals surface area contributed by atoms with Gasteiger partial charge in [-0.1, -0.05) is 128 Å². The molecule has 1 aromatic carbocycles. The summed E-state index contributed by atoms with van der Waals surface area (Å²) >= 11 is 0. The Morgan fingerprint density at radius 2 is 0.882 bits per heavy atom. The van der Waals surface area contributed by atoms with Gasteiger partial charge in [-0.05, 0) is 38.5 Å². The third-order valence-electron chi connectivity index (χ3n) is 7.53. The van der Waals surface area contributed by atoms with E-state index < -0.39 is 7.26 Å². The third kappa shape index (κ3) is 15.3. The summed E-state index contributed by atoms with van der Waals surface area (Å²) in [4.78, 5) is 13.4. The van der Waals surface area contributed by atoms with Gasteiger partial charge in [-0.25, -0.2) is 0 Å². The van der Waals surface area contributed by atoms with Crippen LogP contribution in [0.1, 0.15) is 147 Å². The lowest BCUT2D eigenvalue weighted by molar-refractivity contribution is 0.102. The van der Waals surface area contributed by atoms with Crippen LogP contribution in [-0.4, -0.2) is 30.4 Å². The van der Waals surface area contributed by atoms with E-state index in [0.29, 0.717) is 5.78 Å². The van der Waals surface area contributed by atoms with Gasteiger partial charge in [0.1, 0.15) is 6.16 Å². The molecule has 0 aromatic heterocycles. The number of rotatable bonds is 24. The van der Waals surface area contributed by atoms with E-state index in [-0.39, 0.29) is 0 Å². The molecule has 0 fully saturated rings. The first-order chi connectivity index (χ1) is 16.7. The van der Waals surface area contributed by atoms with Crippen molar-refractivity contribution in [3.8, 4) is 0 Å². The number of carbonyl (C=O) groups is 1. The number of hydrogen-bond acceptors (Lipinski definition) is 1. The van der Waals surface area contributed by atoms with E-state index >= 15 is 0 Å². The van der Waals surface area contributed by atoms with Crippen LogP contribution < -0.4 is 0 Å². The van der Waals surface area contributed by atoms with Gasteiger partial charge < -0.3 is 0 Å². The minimum atomic E-state index is -1.23. The fourth-order valence-electron chi connectivity index (χ4n) is 5.28. The maximum Gasteiger partial charge on any atom is 0.199 e. The third-order valence-corrected chi connectivity index (χ3v) is 12.3. The Kier molecular flexibility index (Phi) is 19.9. The molecule has 0 bridgehead atoms. The monoisotopic (exact) mass is 489 g/mol. The Morgan fingerprint density at radius 1 is 0.529 bits per heavy atom. The first-order valence-corrected chi connectivity index (χ1v) is 17.6. The highest BCUT2D eigenvalue weighted by molar-refractivity contribution is 7.76. The molecule has 0 aliphatic rings. The Balaban J connectivity index is 2.80. The smallest absolute Gasteiger partial charge is 0.199 e. The molecule has 1 rings (SSSR count). The second kappa shape index (κ2) is 21.6. The van der Waals surface area contributed by atoms with Crippen molar-refractivity contribution in [2.24, 2.45) is 0 Å². The lowest BCUT2D eigenvalue weighted by atomic mass is 10.1. The molecule has 34 heavy (non-hydrogen) atoms. The Labute approximate surface area is 214 Å². The molecule has 0 heterocycles. The molecule has 0 amide bonds. The van der Waals surface area contributed by atoms with Crippen LogP contribution in [0.5, 0.6) is 0 Å². The molecule has 0 saturated heterocycles. The van der Waals surface area contributed by atoms with E-state index in [0.717, 1.165) is 11.7 Å². The van der Waals surface area contributed by atoms with E-state index in [9.17, 15) is 4.79 Å². The van der Waals surface area contributed by atoms with Crippen LogP contribution in [0.15, 0.2) is 30.3 Å². The molecule has 0 N–H and O–H groups in total. The molecule has 0 aliphatic heterocycles. The van der Waals surface area contributed by atoms with Crippen molar-refractivity contribution < 1.29 is 4.79 Å². The average molecular weight is 490 g/mol. The Hall–Kier alpha value is -0.680. The van der Waals surface area contributed by atoms with Crippen molar-refractivity contribution in [3.63, 3.8) is 0 Å². The lowest BCUT2D eigenvalue weighted by Crippen LogP contribution is -2.19. The highest BCUT2D eigenvalue weighted by Crippen LogP contribution is 2.61. The quantitative estimate of drug-likeness (QED) is 0.0801. The normalized spacial score (nSPS) is 11.7. The fraction of sp³-hybridized carbons (Fsp3) is 0.781. The number of unbranched alkanes of at least 4 members (excludes halogenated alkanes) is 15. The van der Waals surface area contributed by atoms with Crippen LogP contribution in [-0.2, 0) is 0 Å².